The van der Waals surface area contributed by atoms with Gasteiger partial charge in [0.2, 0.25) is 0 Å². The normalized spacial score (nSPS) is 11.3. The first-order valence-corrected chi connectivity index (χ1v) is 9.31. The summed E-state index contributed by atoms with van der Waals surface area (Å²) < 4.78 is 3.50. The van der Waals surface area contributed by atoms with Crippen molar-refractivity contribution in [3.63, 3.8) is 0 Å². The fourth-order valence-electron chi connectivity index (χ4n) is 2.97. The number of fused-ring (bicyclic) bond motifs is 2. The minimum atomic E-state index is 0.827. The zero-order chi connectivity index (χ0) is 17.9. The molecule has 0 atom stereocenters. The topological polar surface area (TPSA) is 41.0 Å². The molecule has 0 aliphatic rings. The standard InChI is InChI=1S/C21H20N4S/c1-25(2)14-17-10-9-15-5-3-7-19(21(15)23-17)24-26-20-8-4-6-16-13-22-12-11-18(16)20/h3-13,24H,14H2,1-2H3. The number of rotatable bonds is 5. The highest BCUT2D eigenvalue weighted by Crippen LogP contribution is 2.31. The lowest BCUT2D eigenvalue weighted by Gasteiger charge is -2.13. The van der Waals surface area contributed by atoms with E-state index in [9.17, 15) is 0 Å². The molecule has 2 heterocycles. The third kappa shape index (κ3) is 3.49. The Bertz CT molecular complexity index is 1060. The summed E-state index contributed by atoms with van der Waals surface area (Å²) in [6.45, 7) is 0.827. The zero-order valence-electron chi connectivity index (χ0n) is 14.8. The average Bonchev–Trinajstić information content (AvgIpc) is 2.66. The van der Waals surface area contributed by atoms with Crippen LogP contribution in [0, 0.1) is 0 Å². The minimum absolute atomic E-state index is 0.827. The van der Waals surface area contributed by atoms with Crippen LogP contribution in [0.4, 0.5) is 5.69 Å². The second-order valence-electron chi connectivity index (χ2n) is 6.47. The van der Waals surface area contributed by atoms with Gasteiger partial charge in [-0.2, -0.15) is 0 Å². The smallest absolute Gasteiger partial charge is 0.0945 e. The number of nitrogens with one attached hydrogen (secondary N) is 1. The van der Waals surface area contributed by atoms with Gasteiger partial charge in [0.15, 0.2) is 0 Å². The van der Waals surface area contributed by atoms with Crippen LogP contribution in [-0.2, 0) is 6.54 Å². The van der Waals surface area contributed by atoms with Crippen LogP contribution in [0.3, 0.4) is 0 Å². The summed E-state index contributed by atoms with van der Waals surface area (Å²) in [6, 6.07) is 18.8. The van der Waals surface area contributed by atoms with Gasteiger partial charge < -0.3 is 9.62 Å². The van der Waals surface area contributed by atoms with E-state index >= 15 is 0 Å². The van der Waals surface area contributed by atoms with Gasteiger partial charge in [-0.1, -0.05) is 30.3 Å². The van der Waals surface area contributed by atoms with Gasteiger partial charge in [-0.3, -0.25) is 4.98 Å². The number of nitrogens with zero attached hydrogens (tertiary/aromatic N) is 3. The third-order valence-corrected chi connectivity index (χ3v) is 5.07. The van der Waals surface area contributed by atoms with Crippen molar-refractivity contribution in [2.45, 2.75) is 11.4 Å². The maximum Gasteiger partial charge on any atom is 0.0945 e. The molecule has 0 amide bonds. The van der Waals surface area contributed by atoms with E-state index in [0.717, 1.165) is 34.2 Å². The van der Waals surface area contributed by atoms with Gasteiger partial charge in [0.05, 0.1) is 16.9 Å². The van der Waals surface area contributed by atoms with Gasteiger partial charge in [0, 0.05) is 40.0 Å². The van der Waals surface area contributed by atoms with E-state index in [-0.39, 0.29) is 0 Å². The second kappa shape index (κ2) is 7.32. The SMILES string of the molecule is CN(C)Cc1ccc2cccc(NSc3cccc4cnccc34)c2n1. The second-order valence-corrected chi connectivity index (χ2v) is 7.32. The van der Waals surface area contributed by atoms with Crippen molar-refractivity contribution in [2.75, 3.05) is 18.8 Å². The summed E-state index contributed by atoms with van der Waals surface area (Å²) in [5.74, 6) is 0. The molecule has 2 aromatic heterocycles. The molecule has 0 radical (unpaired) electrons. The van der Waals surface area contributed by atoms with E-state index in [4.69, 9.17) is 4.98 Å². The Morgan fingerprint density at radius 1 is 0.962 bits per heavy atom. The van der Waals surface area contributed by atoms with E-state index in [0.29, 0.717) is 0 Å². The Kier molecular flexibility index (Phi) is 4.73. The number of aromatic nitrogens is 2. The molecule has 26 heavy (non-hydrogen) atoms. The van der Waals surface area contributed by atoms with Gasteiger partial charge >= 0.3 is 0 Å². The Morgan fingerprint density at radius 2 is 1.81 bits per heavy atom. The van der Waals surface area contributed by atoms with E-state index in [1.54, 1.807) is 11.9 Å². The summed E-state index contributed by atoms with van der Waals surface area (Å²) >= 11 is 1.61. The molecule has 4 rings (SSSR count). The maximum atomic E-state index is 4.86. The van der Waals surface area contributed by atoms with Crippen LogP contribution in [0.15, 0.2) is 71.9 Å². The van der Waals surface area contributed by atoms with Crippen molar-refractivity contribution >= 4 is 39.3 Å². The summed E-state index contributed by atoms with van der Waals surface area (Å²) in [4.78, 5) is 12.4. The molecule has 130 valence electrons. The van der Waals surface area contributed by atoms with Crippen LogP contribution >= 0.6 is 11.9 Å². The number of benzene rings is 2. The Labute approximate surface area is 157 Å². The zero-order valence-corrected chi connectivity index (χ0v) is 15.6. The molecule has 0 aliphatic heterocycles. The average molecular weight is 360 g/mol. The lowest BCUT2D eigenvalue weighted by atomic mass is 10.2. The van der Waals surface area contributed by atoms with Crippen LogP contribution in [-0.4, -0.2) is 29.0 Å². The quantitative estimate of drug-likeness (QED) is 0.509. The highest BCUT2D eigenvalue weighted by Gasteiger charge is 2.07. The first-order chi connectivity index (χ1) is 12.7. The molecule has 0 unspecified atom stereocenters. The van der Waals surface area contributed by atoms with E-state index < -0.39 is 0 Å². The van der Waals surface area contributed by atoms with Crippen LogP contribution < -0.4 is 4.72 Å². The lowest BCUT2D eigenvalue weighted by molar-refractivity contribution is 0.397. The van der Waals surface area contributed by atoms with Crippen molar-refractivity contribution in [1.82, 2.24) is 14.9 Å². The number of pyridine rings is 2. The monoisotopic (exact) mass is 360 g/mol. The van der Waals surface area contributed by atoms with Gasteiger partial charge in [-0.25, -0.2) is 4.98 Å². The predicted molar refractivity (Wildman–Crippen MR) is 110 cm³/mol. The van der Waals surface area contributed by atoms with Crippen molar-refractivity contribution < 1.29 is 0 Å². The minimum Gasteiger partial charge on any atom is -0.324 e. The Morgan fingerprint density at radius 3 is 2.69 bits per heavy atom. The number of anilines is 1. The molecule has 0 saturated heterocycles. The van der Waals surface area contributed by atoms with Crippen molar-refractivity contribution in [1.29, 1.82) is 0 Å². The molecule has 4 nitrogen and oxygen atoms in total. The molecule has 0 bridgehead atoms. The number of para-hydroxylation sites is 1. The summed E-state index contributed by atoms with van der Waals surface area (Å²) in [5.41, 5.74) is 3.10. The van der Waals surface area contributed by atoms with Crippen LogP contribution in [0.25, 0.3) is 21.7 Å². The fourth-order valence-corrected chi connectivity index (χ4v) is 3.80. The number of hydrogen-bond acceptors (Lipinski definition) is 5. The molecule has 4 aromatic rings. The fraction of sp³-hybridized carbons (Fsp3) is 0.143. The molecule has 2 aromatic carbocycles. The van der Waals surface area contributed by atoms with E-state index in [1.165, 1.54) is 10.3 Å². The molecule has 5 heteroatoms. The van der Waals surface area contributed by atoms with Gasteiger partial charge in [-0.15, -0.1) is 0 Å². The molecule has 0 fully saturated rings. The molecular weight excluding hydrogens is 340 g/mol. The van der Waals surface area contributed by atoms with E-state index in [1.807, 2.05) is 12.4 Å². The molecule has 0 saturated carbocycles. The first kappa shape index (κ1) is 16.8. The summed E-state index contributed by atoms with van der Waals surface area (Å²) in [6.07, 6.45) is 3.73. The predicted octanol–water partition coefficient (Wildman–Crippen LogP) is 4.96. The lowest BCUT2D eigenvalue weighted by Crippen LogP contribution is -2.11. The van der Waals surface area contributed by atoms with Crippen LogP contribution in [0.5, 0.6) is 0 Å². The molecule has 1 N–H and O–H groups in total. The van der Waals surface area contributed by atoms with Gasteiger partial charge in [-0.05, 0) is 50.3 Å². The molecule has 0 aliphatic carbocycles. The highest BCUT2D eigenvalue weighted by molar-refractivity contribution is 8.00. The van der Waals surface area contributed by atoms with Crippen molar-refractivity contribution in [2.24, 2.45) is 0 Å². The largest absolute Gasteiger partial charge is 0.324 e. The highest BCUT2D eigenvalue weighted by atomic mass is 32.2. The first-order valence-electron chi connectivity index (χ1n) is 8.50. The summed E-state index contributed by atoms with van der Waals surface area (Å²) in [5, 5.41) is 3.48. The van der Waals surface area contributed by atoms with Crippen LogP contribution in [0.2, 0.25) is 0 Å². The van der Waals surface area contributed by atoms with E-state index in [2.05, 4.69) is 83.3 Å². The number of hydrogen-bond donors (Lipinski definition) is 1. The summed E-state index contributed by atoms with van der Waals surface area (Å²) in [7, 11) is 4.11. The maximum absolute atomic E-state index is 4.86. The third-order valence-electron chi connectivity index (χ3n) is 4.17. The van der Waals surface area contributed by atoms with Gasteiger partial charge in [0.1, 0.15) is 0 Å². The molecular formula is C21H20N4S. The molecule has 0 spiro atoms. The Balaban J connectivity index is 1.66. The van der Waals surface area contributed by atoms with Gasteiger partial charge in [0.25, 0.3) is 0 Å². The van der Waals surface area contributed by atoms with Crippen molar-refractivity contribution in [3.8, 4) is 0 Å². The van der Waals surface area contributed by atoms with Crippen LogP contribution in [0.1, 0.15) is 5.69 Å². The van der Waals surface area contributed by atoms with Crippen molar-refractivity contribution in [3.05, 3.63) is 72.7 Å². The Hall–Kier alpha value is -2.63.